The number of nitrogens with zero attached hydrogens (tertiary/aromatic N) is 1. The first-order valence-electron chi connectivity index (χ1n) is 8.13. The molecule has 1 aliphatic heterocycles. The van der Waals surface area contributed by atoms with E-state index < -0.39 is 0 Å². The molecule has 1 heterocycles. The standard InChI is InChI=1S/C18H28N2/c1-18(9-11-20(2)12-10-18)14-19-17-8-7-15-5-3-4-6-16(15)13-17/h3-6,17,19H,7-14H2,1-2H3. The van der Waals surface area contributed by atoms with Crippen LogP contribution in [-0.4, -0.2) is 37.6 Å². The molecule has 2 nitrogen and oxygen atoms in total. The van der Waals surface area contributed by atoms with Gasteiger partial charge in [-0.1, -0.05) is 31.2 Å². The van der Waals surface area contributed by atoms with E-state index in [-0.39, 0.29) is 0 Å². The first-order valence-corrected chi connectivity index (χ1v) is 8.13. The van der Waals surface area contributed by atoms with Gasteiger partial charge in [0, 0.05) is 12.6 Å². The van der Waals surface area contributed by atoms with Crippen LogP contribution in [0.1, 0.15) is 37.3 Å². The van der Waals surface area contributed by atoms with Crippen molar-refractivity contribution in [2.45, 2.75) is 45.1 Å². The van der Waals surface area contributed by atoms with Crippen LogP contribution in [0.5, 0.6) is 0 Å². The average molecular weight is 272 g/mol. The van der Waals surface area contributed by atoms with E-state index in [0.717, 1.165) is 0 Å². The van der Waals surface area contributed by atoms with Crippen LogP contribution in [0.15, 0.2) is 24.3 Å². The molecule has 2 aliphatic rings. The zero-order chi connectivity index (χ0) is 14.0. The molecule has 0 bridgehead atoms. The third-order valence-corrected chi connectivity index (χ3v) is 5.36. The predicted octanol–water partition coefficient (Wildman–Crippen LogP) is 2.87. The highest BCUT2D eigenvalue weighted by Crippen LogP contribution is 2.30. The number of hydrogen-bond acceptors (Lipinski definition) is 2. The van der Waals surface area contributed by atoms with Crippen molar-refractivity contribution < 1.29 is 0 Å². The summed E-state index contributed by atoms with van der Waals surface area (Å²) in [5.74, 6) is 0. The Morgan fingerprint density at radius 2 is 1.90 bits per heavy atom. The van der Waals surface area contributed by atoms with Crippen LogP contribution in [0.2, 0.25) is 0 Å². The molecular weight excluding hydrogens is 244 g/mol. The molecule has 110 valence electrons. The van der Waals surface area contributed by atoms with Crippen molar-refractivity contribution in [1.29, 1.82) is 0 Å². The first kappa shape index (κ1) is 14.1. The monoisotopic (exact) mass is 272 g/mol. The molecule has 1 aliphatic carbocycles. The summed E-state index contributed by atoms with van der Waals surface area (Å²) in [6, 6.07) is 9.64. The van der Waals surface area contributed by atoms with Gasteiger partial charge in [-0.05, 0) is 68.8 Å². The topological polar surface area (TPSA) is 15.3 Å². The van der Waals surface area contributed by atoms with Crippen molar-refractivity contribution in [3.63, 3.8) is 0 Å². The van der Waals surface area contributed by atoms with Gasteiger partial charge in [0.2, 0.25) is 0 Å². The van der Waals surface area contributed by atoms with E-state index in [0.29, 0.717) is 11.5 Å². The summed E-state index contributed by atoms with van der Waals surface area (Å²) >= 11 is 0. The number of aryl methyl sites for hydroxylation is 1. The molecule has 2 heteroatoms. The fourth-order valence-electron chi connectivity index (χ4n) is 3.60. The van der Waals surface area contributed by atoms with Crippen LogP contribution in [0.3, 0.4) is 0 Å². The lowest BCUT2D eigenvalue weighted by molar-refractivity contribution is 0.132. The molecule has 0 aromatic heterocycles. The summed E-state index contributed by atoms with van der Waals surface area (Å²) in [5, 5.41) is 3.87. The number of hydrogen-bond donors (Lipinski definition) is 1. The number of likely N-dealkylation sites (tertiary alicyclic amines) is 1. The van der Waals surface area contributed by atoms with Gasteiger partial charge < -0.3 is 10.2 Å². The summed E-state index contributed by atoms with van der Waals surface area (Å²) < 4.78 is 0. The zero-order valence-electron chi connectivity index (χ0n) is 13.0. The van der Waals surface area contributed by atoms with E-state index in [9.17, 15) is 0 Å². The third kappa shape index (κ3) is 3.24. The minimum absolute atomic E-state index is 0.503. The fourth-order valence-corrected chi connectivity index (χ4v) is 3.60. The summed E-state index contributed by atoms with van der Waals surface area (Å²) in [5.41, 5.74) is 3.63. The Morgan fingerprint density at radius 1 is 1.20 bits per heavy atom. The summed E-state index contributed by atoms with van der Waals surface area (Å²) in [6.07, 6.45) is 6.42. The van der Waals surface area contributed by atoms with Crippen LogP contribution >= 0.6 is 0 Å². The van der Waals surface area contributed by atoms with Crippen LogP contribution < -0.4 is 5.32 Å². The molecule has 0 spiro atoms. The molecule has 1 saturated heterocycles. The molecule has 1 aromatic rings. The van der Waals surface area contributed by atoms with Gasteiger partial charge in [0.15, 0.2) is 0 Å². The van der Waals surface area contributed by atoms with E-state index in [1.165, 1.54) is 51.7 Å². The SMILES string of the molecule is CN1CCC(C)(CNC2CCc3ccccc3C2)CC1. The Hall–Kier alpha value is -0.860. The Bertz CT molecular complexity index is 446. The molecule has 1 atom stereocenters. The van der Waals surface area contributed by atoms with Crippen molar-refractivity contribution in [1.82, 2.24) is 10.2 Å². The highest BCUT2D eigenvalue weighted by molar-refractivity contribution is 5.30. The van der Waals surface area contributed by atoms with Gasteiger partial charge in [-0.2, -0.15) is 0 Å². The van der Waals surface area contributed by atoms with Crippen LogP contribution in [0.4, 0.5) is 0 Å². The van der Waals surface area contributed by atoms with Gasteiger partial charge >= 0.3 is 0 Å². The summed E-state index contributed by atoms with van der Waals surface area (Å²) in [4.78, 5) is 2.46. The quantitative estimate of drug-likeness (QED) is 0.910. The molecule has 1 fully saturated rings. The van der Waals surface area contributed by atoms with E-state index in [2.05, 4.69) is 48.5 Å². The normalized spacial score (nSPS) is 26.2. The smallest absolute Gasteiger partial charge is 0.0111 e. The Labute approximate surface area is 123 Å². The molecule has 0 saturated carbocycles. The average Bonchev–Trinajstić information content (AvgIpc) is 2.48. The highest BCUT2D eigenvalue weighted by atomic mass is 15.1. The lowest BCUT2D eigenvalue weighted by atomic mass is 9.79. The number of piperidine rings is 1. The minimum Gasteiger partial charge on any atom is -0.313 e. The first-order chi connectivity index (χ1) is 9.65. The summed E-state index contributed by atoms with van der Waals surface area (Å²) in [7, 11) is 2.24. The Morgan fingerprint density at radius 3 is 2.65 bits per heavy atom. The van der Waals surface area contributed by atoms with Crippen LogP contribution in [-0.2, 0) is 12.8 Å². The molecule has 3 rings (SSSR count). The minimum atomic E-state index is 0.503. The molecular formula is C18H28N2. The van der Waals surface area contributed by atoms with Gasteiger partial charge in [0.05, 0.1) is 0 Å². The van der Waals surface area contributed by atoms with Gasteiger partial charge in [-0.15, -0.1) is 0 Å². The van der Waals surface area contributed by atoms with Crippen LogP contribution in [0, 0.1) is 5.41 Å². The third-order valence-electron chi connectivity index (χ3n) is 5.36. The highest BCUT2D eigenvalue weighted by Gasteiger charge is 2.29. The van der Waals surface area contributed by atoms with Crippen LogP contribution in [0.25, 0.3) is 0 Å². The second kappa shape index (κ2) is 5.87. The van der Waals surface area contributed by atoms with E-state index in [1.54, 1.807) is 11.1 Å². The predicted molar refractivity (Wildman–Crippen MR) is 85.1 cm³/mol. The second-order valence-corrected chi connectivity index (χ2v) is 7.20. The molecule has 1 N–H and O–H groups in total. The van der Waals surface area contributed by atoms with Crippen molar-refractivity contribution >= 4 is 0 Å². The second-order valence-electron chi connectivity index (χ2n) is 7.20. The Kier molecular flexibility index (Phi) is 4.13. The Balaban J connectivity index is 1.53. The summed E-state index contributed by atoms with van der Waals surface area (Å²) in [6.45, 7) is 6.16. The number of rotatable bonds is 3. The van der Waals surface area contributed by atoms with E-state index in [1.807, 2.05) is 0 Å². The number of nitrogens with one attached hydrogen (secondary N) is 1. The number of benzene rings is 1. The maximum Gasteiger partial charge on any atom is 0.0111 e. The van der Waals surface area contributed by atoms with Gasteiger partial charge in [-0.25, -0.2) is 0 Å². The maximum absolute atomic E-state index is 3.87. The lowest BCUT2D eigenvalue weighted by Gasteiger charge is -2.39. The van der Waals surface area contributed by atoms with Gasteiger partial charge in [0.1, 0.15) is 0 Å². The molecule has 20 heavy (non-hydrogen) atoms. The molecule has 0 radical (unpaired) electrons. The van der Waals surface area contributed by atoms with Crippen molar-refractivity contribution in [2.75, 3.05) is 26.7 Å². The number of fused-ring (bicyclic) bond motifs is 1. The molecule has 1 unspecified atom stereocenters. The van der Waals surface area contributed by atoms with Gasteiger partial charge in [0.25, 0.3) is 0 Å². The molecule has 0 amide bonds. The fraction of sp³-hybridized carbons (Fsp3) is 0.667. The largest absolute Gasteiger partial charge is 0.313 e. The van der Waals surface area contributed by atoms with E-state index >= 15 is 0 Å². The lowest BCUT2D eigenvalue weighted by Crippen LogP contribution is -2.45. The van der Waals surface area contributed by atoms with Crippen molar-refractivity contribution in [2.24, 2.45) is 5.41 Å². The van der Waals surface area contributed by atoms with E-state index in [4.69, 9.17) is 0 Å². The van der Waals surface area contributed by atoms with Crippen molar-refractivity contribution in [3.05, 3.63) is 35.4 Å². The maximum atomic E-state index is 3.87. The van der Waals surface area contributed by atoms with Gasteiger partial charge in [-0.3, -0.25) is 0 Å². The van der Waals surface area contributed by atoms with Crippen molar-refractivity contribution in [3.8, 4) is 0 Å². The molecule has 1 aromatic carbocycles. The zero-order valence-corrected chi connectivity index (χ0v) is 13.0.